The number of amides is 1. The van der Waals surface area contributed by atoms with Gasteiger partial charge < -0.3 is 14.6 Å². The Kier molecular flexibility index (Phi) is 7.88. The van der Waals surface area contributed by atoms with Gasteiger partial charge in [-0.3, -0.25) is 4.79 Å². The van der Waals surface area contributed by atoms with E-state index in [1.165, 1.54) is 5.56 Å². The molecule has 0 saturated heterocycles. The zero-order valence-corrected chi connectivity index (χ0v) is 18.9. The smallest absolute Gasteiger partial charge is 0.246 e. The van der Waals surface area contributed by atoms with Gasteiger partial charge in [0.25, 0.3) is 0 Å². The van der Waals surface area contributed by atoms with E-state index in [-0.39, 0.29) is 5.91 Å². The van der Waals surface area contributed by atoms with Crippen LogP contribution in [-0.2, 0) is 17.8 Å². The number of ether oxygens (including phenoxy) is 1. The van der Waals surface area contributed by atoms with Gasteiger partial charge in [-0.2, -0.15) is 0 Å². The highest BCUT2D eigenvalue weighted by Gasteiger charge is 2.10. The van der Waals surface area contributed by atoms with E-state index in [9.17, 15) is 4.79 Å². The maximum atomic E-state index is 11.7. The largest absolute Gasteiger partial charge is 0.494 e. The van der Waals surface area contributed by atoms with Gasteiger partial charge in [0.1, 0.15) is 11.6 Å². The van der Waals surface area contributed by atoms with Crippen LogP contribution in [0.15, 0.2) is 60.7 Å². The molecule has 1 aromatic heterocycles. The summed E-state index contributed by atoms with van der Waals surface area (Å²) >= 11 is 0. The number of fused-ring (bicyclic) bond motifs is 1. The van der Waals surface area contributed by atoms with Gasteiger partial charge in [-0.15, -0.1) is 0 Å². The molecular formula is C26H33N3O2. The number of carbonyl (C=O) groups excluding carboxylic acids is 1. The number of rotatable bonds is 11. The molecule has 0 atom stereocenters. The van der Waals surface area contributed by atoms with Crippen molar-refractivity contribution in [1.29, 1.82) is 0 Å². The molecule has 31 heavy (non-hydrogen) atoms. The predicted molar refractivity (Wildman–Crippen MR) is 127 cm³/mol. The summed E-state index contributed by atoms with van der Waals surface area (Å²) in [5, 5.41) is 2.89. The van der Waals surface area contributed by atoms with Gasteiger partial charge in [-0.25, -0.2) is 4.98 Å². The van der Waals surface area contributed by atoms with E-state index in [1.54, 1.807) is 6.92 Å². The highest BCUT2D eigenvalue weighted by molar-refractivity contribution is 5.92. The normalized spacial score (nSPS) is 11.1. The molecule has 1 heterocycles. The number of para-hydroxylation sites is 2. The van der Waals surface area contributed by atoms with Crippen LogP contribution in [0.2, 0.25) is 0 Å². The number of imidazole rings is 1. The summed E-state index contributed by atoms with van der Waals surface area (Å²) in [7, 11) is 0. The lowest BCUT2D eigenvalue weighted by Gasteiger charge is -2.12. The first-order valence-electron chi connectivity index (χ1n) is 11.1. The van der Waals surface area contributed by atoms with Gasteiger partial charge in [-0.1, -0.05) is 44.7 Å². The summed E-state index contributed by atoms with van der Waals surface area (Å²) in [6.45, 7) is 11.9. The third-order valence-electron chi connectivity index (χ3n) is 5.33. The van der Waals surface area contributed by atoms with E-state index in [0.29, 0.717) is 24.6 Å². The van der Waals surface area contributed by atoms with Crippen molar-refractivity contribution < 1.29 is 9.53 Å². The lowest BCUT2D eigenvalue weighted by molar-refractivity contribution is -0.117. The average Bonchev–Trinajstić information content (AvgIpc) is 3.11. The summed E-state index contributed by atoms with van der Waals surface area (Å²) in [5.74, 6) is 2.39. The van der Waals surface area contributed by atoms with E-state index in [1.807, 2.05) is 30.3 Å². The molecule has 1 N–H and O–H groups in total. The van der Waals surface area contributed by atoms with Crippen LogP contribution in [-0.4, -0.2) is 28.6 Å². The summed E-state index contributed by atoms with van der Waals surface area (Å²) in [5.41, 5.74) is 4.01. The molecule has 3 aromatic rings. The van der Waals surface area contributed by atoms with E-state index in [2.05, 4.69) is 48.5 Å². The van der Waals surface area contributed by atoms with Crippen molar-refractivity contribution in [2.24, 2.45) is 0 Å². The molecule has 0 spiro atoms. The van der Waals surface area contributed by atoms with E-state index in [4.69, 9.17) is 9.72 Å². The van der Waals surface area contributed by atoms with Crippen LogP contribution in [0, 0.1) is 0 Å². The Hall–Kier alpha value is -3.08. The number of hydrogen-bond acceptors (Lipinski definition) is 3. The maximum Gasteiger partial charge on any atom is 0.246 e. The highest BCUT2D eigenvalue weighted by atomic mass is 16.5. The van der Waals surface area contributed by atoms with Crippen LogP contribution in [0.25, 0.3) is 11.0 Å². The third-order valence-corrected chi connectivity index (χ3v) is 5.33. The van der Waals surface area contributed by atoms with Crippen LogP contribution in [0.3, 0.4) is 0 Å². The van der Waals surface area contributed by atoms with Gasteiger partial charge in [-0.05, 0) is 55.5 Å². The molecule has 5 nitrogen and oxygen atoms in total. The minimum Gasteiger partial charge on any atom is -0.494 e. The van der Waals surface area contributed by atoms with Crippen LogP contribution >= 0.6 is 0 Å². The second-order valence-corrected chi connectivity index (χ2v) is 8.23. The second-order valence-electron chi connectivity index (χ2n) is 8.23. The van der Waals surface area contributed by atoms with Gasteiger partial charge in [0.15, 0.2) is 0 Å². The minimum absolute atomic E-state index is 0.0907. The molecule has 0 aliphatic heterocycles. The van der Waals surface area contributed by atoms with Crippen molar-refractivity contribution >= 4 is 16.9 Å². The Morgan fingerprint density at radius 2 is 1.87 bits per heavy atom. The van der Waals surface area contributed by atoms with Crippen molar-refractivity contribution in [2.75, 3.05) is 13.2 Å². The summed E-state index contributed by atoms with van der Waals surface area (Å²) in [6, 6.07) is 16.6. The molecule has 0 aliphatic rings. The molecule has 1 amide bonds. The van der Waals surface area contributed by atoms with E-state index in [0.717, 1.165) is 48.4 Å². The average molecular weight is 420 g/mol. The number of aromatic nitrogens is 2. The van der Waals surface area contributed by atoms with Crippen molar-refractivity contribution in [3.63, 3.8) is 0 Å². The molecule has 5 heteroatoms. The van der Waals surface area contributed by atoms with Gasteiger partial charge in [0.05, 0.1) is 17.6 Å². The number of carbonyl (C=O) groups is 1. The SMILES string of the molecule is C=C(C)C(=O)NCCCc1nc2ccccc2n1CCCOc1ccc(C(C)C)cc1. The first kappa shape index (κ1) is 22.6. The highest BCUT2D eigenvalue weighted by Crippen LogP contribution is 2.20. The zero-order valence-electron chi connectivity index (χ0n) is 18.9. The number of nitrogens with zero attached hydrogens (tertiary/aromatic N) is 2. The van der Waals surface area contributed by atoms with Crippen LogP contribution in [0.1, 0.15) is 50.9 Å². The standard InChI is InChI=1S/C26H33N3O2/c1-19(2)21-12-14-22(15-13-21)31-18-8-17-29-24-10-6-5-9-23(24)28-25(29)11-7-16-27-26(30)20(3)4/h5-6,9-10,12-15,19H,3,7-8,11,16-18H2,1-2,4H3,(H,27,30). The molecule has 2 aromatic carbocycles. The minimum atomic E-state index is -0.0907. The van der Waals surface area contributed by atoms with Crippen molar-refractivity contribution in [1.82, 2.24) is 14.9 Å². The monoisotopic (exact) mass is 419 g/mol. The fourth-order valence-electron chi connectivity index (χ4n) is 3.53. The predicted octanol–water partition coefficient (Wildman–Crippen LogP) is 5.25. The molecule has 0 saturated carbocycles. The second kappa shape index (κ2) is 10.8. The van der Waals surface area contributed by atoms with Crippen molar-refractivity contribution in [3.8, 4) is 5.75 Å². The zero-order chi connectivity index (χ0) is 22.2. The Bertz CT molecular complexity index is 1020. The van der Waals surface area contributed by atoms with Gasteiger partial charge in [0, 0.05) is 25.1 Å². The quantitative estimate of drug-likeness (QED) is 0.341. The van der Waals surface area contributed by atoms with E-state index < -0.39 is 0 Å². The Morgan fingerprint density at radius 1 is 1.13 bits per heavy atom. The molecule has 164 valence electrons. The third kappa shape index (κ3) is 6.20. The molecular weight excluding hydrogens is 386 g/mol. The first-order valence-corrected chi connectivity index (χ1v) is 11.1. The Morgan fingerprint density at radius 3 is 2.58 bits per heavy atom. The van der Waals surface area contributed by atoms with Crippen molar-refractivity contribution in [2.45, 2.75) is 52.5 Å². The number of benzene rings is 2. The topological polar surface area (TPSA) is 56.2 Å². The molecule has 0 fully saturated rings. The van der Waals surface area contributed by atoms with Crippen LogP contribution in [0.4, 0.5) is 0 Å². The number of nitrogens with one attached hydrogen (secondary N) is 1. The maximum absolute atomic E-state index is 11.7. The summed E-state index contributed by atoms with van der Waals surface area (Å²) in [6.07, 6.45) is 2.54. The fraction of sp³-hybridized carbons (Fsp3) is 0.385. The number of aryl methyl sites for hydroxylation is 2. The molecule has 0 unspecified atom stereocenters. The molecule has 0 bridgehead atoms. The van der Waals surface area contributed by atoms with Crippen LogP contribution < -0.4 is 10.1 Å². The van der Waals surface area contributed by atoms with E-state index >= 15 is 0 Å². The lowest BCUT2D eigenvalue weighted by Crippen LogP contribution is -2.25. The van der Waals surface area contributed by atoms with Crippen LogP contribution in [0.5, 0.6) is 5.75 Å². The Labute approximate surface area is 185 Å². The fourth-order valence-corrected chi connectivity index (χ4v) is 3.53. The molecule has 0 radical (unpaired) electrons. The van der Waals surface area contributed by atoms with Gasteiger partial charge >= 0.3 is 0 Å². The molecule has 0 aliphatic carbocycles. The first-order chi connectivity index (χ1) is 15.0. The summed E-state index contributed by atoms with van der Waals surface area (Å²) in [4.78, 5) is 16.5. The molecule has 3 rings (SSSR count). The summed E-state index contributed by atoms with van der Waals surface area (Å²) < 4.78 is 8.23. The Balaban J connectivity index is 1.56. The van der Waals surface area contributed by atoms with Crippen molar-refractivity contribution in [3.05, 3.63) is 72.1 Å². The number of hydrogen-bond donors (Lipinski definition) is 1. The lowest BCUT2D eigenvalue weighted by atomic mass is 10.0. The van der Waals surface area contributed by atoms with Gasteiger partial charge in [0.2, 0.25) is 5.91 Å².